The smallest absolute Gasteiger partial charge is 0.165 e. The number of nitrogen functional groups attached to an aromatic ring is 1. The van der Waals surface area contributed by atoms with Gasteiger partial charge in [-0.3, -0.25) is 0 Å². The van der Waals surface area contributed by atoms with Gasteiger partial charge in [0.25, 0.3) is 0 Å². The Morgan fingerprint density at radius 3 is 2.65 bits per heavy atom. The van der Waals surface area contributed by atoms with Gasteiger partial charge in [-0.2, -0.15) is 0 Å². The summed E-state index contributed by atoms with van der Waals surface area (Å²) in [5, 5.41) is 19.1. The van der Waals surface area contributed by atoms with E-state index in [1.807, 2.05) is 4.57 Å². The second kappa shape index (κ2) is 4.39. The molecule has 2 aromatic rings. The first-order valence-electron chi connectivity index (χ1n) is 6.67. The second-order valence-corrected chi connectivity index (χ2v) is 5.98. The summed E-state index contributed by atoms with van der Waals surface area (Å²) in [6.45, 7) is 4.26. The lowest BCUT2D eigenvalue weighted by Crippen LogP contribution is -2.57. The van der Waals surface area contributed by atoms with Crippen LogP contribution in [0.25, 0.3) is 11.2 Å². The molecule has 3 unspecified atom stereocenters. The molecule has 2 aromatic heterocycles. The standard InChI is InChI=1S/C13H19N5O2/c1-13(2)8(4-20)7(3-19)10(13)18-6-17-9-11(14)15-5-16-12(9)18/h5-8,10,19-20H,3-4H2,1-2H3,(H2,14,15,16). The maximum absolute atomic E-state index is 9.61. The zero-order chi connectivity index (χ0) is 14.5. The molecule has 108 valence electrons. The highest BCUT2D eigenvalue weighted by Crippen LogP contribution is 2.58. The van der Waals surface area contributed by atoms with Gasteiger partial charge in [0.05, 0.1) is 6.33 Å². The number of nitrogens with zero attached hydrogens (tertiary/aromatic N) is 4. The van der Waals surface area contributed by atoms with Crippen LogP contribution in [0.4, 0.5) is 5.82 Å². The van der Waals surface area contributed by atoms with Crippen molar-refractivity contribution in [2.45, 2.75) is 19.9 Å². The molecule has 0 saturated heterocycles. The van der Waals surface area contributed by atoms with E-state index >= 15 is 0 Å². The first-order chi connectivity index (χ1) is 9.52. The fraction of sp³-hybridized carbons (Fsp3) is 0.615. The molecule has 3 atom stereocenters. The van der Waals surface area contributed by atoms with Crippen molar-refractivity contribution in [1.29, 1.82) is 0 Å². The highest BCUT2D eigenvalue weighted by Gasteiger charge is 2.56. The number of aliphatic hydroxyl groups excluding tert-OH is 2. The quantitative estimate of drug-likeness (QED) is 0.739. The summed E-state index contributed by atoms with van der Waals surface area (Å²) in [5.41, 5.74) is 6.91. The fourth-order valence-corrected chi connectivity index (χ4v) is 3.66. The van der Waals surface area contributed by atoms with E-state index in [1.54, 1.807) is 6.33 Å². The summed E-state index contributed by atoms with van der Waals surface area (Å²) in [7, 11) is 0. The van der Waals surface area contributed by atoms with Crippen LogP contribution in [0, 0.1) is 17.3 Å². The van der Waals surface area contributed by atoms with Crippen molar-refractivity contribution in [2.75, 3.05) is 18.9 Å². The predicted octanol–water partition coefficient (Wildman–Crippen LogP) is 0.206. The number of aromatic nitrogens is 4. The van der Waals surface area contributed by atoms with E-state index in [9.17, 15) is 10.2 Å². The molecule has 0 radical (unpaired) electrons. The summed E-state index contributed by atoms with van der Waals surface area (Å²) in [4.78, 5) is 12.5. The van der Waals surface area contributed by atoms with Gasteiger partial charge in [0.2, 0.25) is 0 Å². The Bertz CT molecular complexity index is 639. The van der Waals surface area contributed by atoms with Gasteiger partial charge in [-0.15, -0.1) is 0 Å². The number of fused-ring (bicyclic) bond motifs is 1. The molecule has 2 heterocycles. The van der Waals surface area contributed by atoms with Gasteiger partial charge in [-0.1, -0.05) is 13.8 Å². The molecule has 0 amide bonds. The molecule has 0 aliphatic heterocycles. The van der Waals surface area contributed by atoms with E-state index in [2.05, 4.69) is 28.8 Å². The van der Waals surface area contributed by atoms with Gasteiger partial charge in [0.15, 0.2) is 11.5 Å². The minimum Gasteiger partial charge on any atom is -0.396 e. The van der Waals surface area contributed by atoms with Crippen LogP contribution in [0.2, 0.25) is 0 Å². The van der Waals surface area contributed by atoms with Crippen molar-refractivity contribution < 1.29 is 10.2 Å². The molecule has 1 fully saturated rings. The molecule has 0 bridgehead atoms. The highest BCUT2D eigenvalue weighted by molar-refractivity contribution is 5.81. The summed E-state index contributed by atoms with van der Waals surface area (Å²) < 4.78 is 1.94. The molecule has 4 N–H and O–H groups in total. The van der Waals surface area contributed by atoms with Crippen LogP contribution in [0.1, 0.15) is 19.9 Å². The Morgan fingerprint density at radius 2 is 2.00 bits per heavy atom. The van der Waals surface area contributed by atoms with E-state index in [4.69, 9.17) is 5.73 Å². The van der Waals surface area contributed by atoms with Crippen LogP contribution >= 0.6 is 0 Å². The van der Waals surface area contributed by atoms with Gasteiger partial charge in [0.1, 0.15) is 11.8 Å². The number of aliphatic hydroxyl groups is 2. The fourth-order valence-electron chi connectivity index (χ4n) is 3.66. The van der Waals surface area contributed by atoms with Gasteiger partial charge >= 0.3 is 0 Å². The highest BCUT2D eigenvalue weighted by atomic mass is 16.3. The molecule has 0 aromatic carbocycles. The topological polar surface area (TPSA) is 110 Å². The Labute approximate surface area is 116 Å². The van der Waals surface area contributed by atoms with Crippen LogP contribution in [0.5, 0.6) is 0 Å². The van der Waals surface area contributed by atoms with Crippen molar-refractivity contribution in [3.8, 4) is 0 Å². The molecule has 1 aliphatic rings. The van der Waals surface area contributed by atoms with E-state index in [1.165, 1.54) is 6.33 Å². The van der Waals surface area contributed by atoms with Gasteiger partial charge in [0, 0.05) is 25.2 Å². The second-order valence-electron chi connectivity index (χ2n) is 5.98. The zero-order valence-corrected chi connectivity index (χ0v) is 11.6. The number of anilines is 1. The van der Waals surface area contributed by atoms with Crippen molar-refractivity contribution >= 4 is 17.0 Å². The van der Waals surface area contributed by atoms with E-state index in [0.717, 1.165) is 0 Å². The van der Waals surface area contributed by atoms with Crippen molar-refractivity contribution in [3.05, 3.63) is 12.7 Å². The molecular formula is C13H19N5O2. The molecule has 1 saturated carbocycles. The Balaban J connectivity index is 2.09. The largest absolute Gasteiger partial charge is 0.396 e. The van der Waals surface area contributed by atoms with Crippen LogP contribution in [-0.4, -0.2) is 42.9 Å². The minimum atomic E-state index is -0.143. The average Bonchev–Trinajstić information content (AvgIpc) is 2.82. The van der Waals surface area contributed by atoms with E-state index < -0.39 is 0 Å². The summed E-state index contributed by atoms with van der Waals surface area (Å²) in [6.07, 6.45) is 3.11. The molecule has 20 heavy (non-hydrogen) atoms. The first-order valence-corrected chi connectivity index (χ1v) is 6.67. The Kier molecular flexibility index (Phi) is 2.91. The lowest BCUT2D eigenvalue weighted by Gasteiger charge is -2.57. The third-order valence-electron chi connectivity index (χ3n) is 4.73. The minimum absolute atomic E-state index is 0.0106. The van der Waals surface area contributed by atoms with Crippen LogP contribution < -0.4 is 5.73 Å². The molecular weight excluding hydrogens is 258 g/mol. The number of imidazole rings is 1. The third-order valence-corrected chi connectivity index (χ3v) is 4.73. The van der Waals surface area contributed by atoms with Crippen LogP contribution in [0.3, 0.4) is 0 Å². The Morgan fingerprint density at radius 1 is 1.25 bits per heavy atom. The Hall–Kier alpha value is -1.73. The SMILES string of the molecule is CC1(C)C(CO)C(CO)C1n1cnc2c(N)ncnc21. The van der Waals surface area contributed by atoms with E-state index in [-0.39, 0.29) is 36.5 Å². The van der Waals surface area contributed by atoms with Gasteiger partial charge in [-0.25, -0.2) is 15.0 Å². The van der Waals surface area contributed by atoms with Crippen LogP contribution in [0.15, 0.2) is 12.7 Å². The summed E-state index contributed by atoms with van der Waals surface area (Å²) in [6, 6.07) is 0.0314. The van der Waals surface area contributed by atoms with Crippen molar-refractivity contribution in [2.24, 2.45) is 17.3 Å². The number of hydrogen-bond donors (Lipinski definition) is 3. The molecule has 3 rings (SSSR count). The molecule has 7 heteroatoms. The number of rotatable bonds is 3. The van der Waals surface area contributed by atoms with Gasteiger partial charge in [-0.05, 0) is 11.3 Å². The van der Waals surface area contributed by atoms with Gasteiger partial charge < -0.3 is 20.5 Å². The van der Waals surface area contributed by atoms with Crippen molar-refractivity contribution in [3.63, 3.8) is 0 Å². The summed E-state index contributed by atoms with van der Waals surface area (Å²) in [5.74, 6) is 0.405. The average molecular weight is 277 g/mol. The van der Waals surface area contributed by atoms with Crippen LogP contribution in [-0.2, 0) is 0 Å². The molecule has 0 spiro atoms. The maximum atomic E-state index is 9.61. The number of hydrogen-bond acceptors (Lipinski definition) is 6. The first kappa shape index (κ1) is 13.3. The lowest BCUT2D eigenvalue weighted by atomic mass is 9.52. The molecule has 1 aliphatic carbocycles. The third kappa shape index (κ3) is 1.56. The zero-order valence-electron chi connectivity index (χ0n) is 11.6. The molecule has 7 nitrogen and oxygen atoms in total. The van der Waals surface area contributed by atoms with E-state index in [0.29, 0.717) is 17.0 Å². The van der Waals surface area contributed by atoms with Crippen molar-refractivity contribution in [1.82, 2.24) is 19.5 Å². The predicted molar refractivity (Wildman–Crippen MR) is 73.7 cm³/mol. The number of nitrogens with two attached hydrogens (primary N) is 1. The normalized spacial score (nSPS) is 28.5. The summed E-state index contributed by atoms with van der Waals surface area (Å²) >= 11 is 0. The lowest BCUT2D eigenvalue weighted by molar-refractivity contribution is -0.127. The maximum Gasteiger partial charge on any atom is 0.165 e. The monoisotopic (exact) mass is 277 g/mol.